The van der Waals surface area contributed by atoms with Gasteiger partial charge in [-0.25, -0.2) is 4.57 Å². The molecule has 306 valence electrons. The molecule has 8 nitrogen and oxygen atoms in total. The summed E-state index contributed by atoms with van der Waals surface area (Å²) in [6.07, 6.45) is 46.8. The van der Waals surface area contributed by atoms with Crippen LogP contribution in [-0.4, -0.2) is 43.3 Å². The third kappa shape index (κ3) is 39.8. The summed E-state index contributed by atoms with van der Waals surface area (Å²) in [5, 5.41) is 0. The van der Waals surface area contributed by atoms with Gasteiger partial charge in [0.1, 0.15) is 6.61 Å². The molecule has 52 heavy (non-hydrogen) atoms. The van der Waals surface area contributed by atoms with Crippen LogP contribution in [0.15, 0.2) is 36.6 Å². The SMILES string of the molecule is CCCCCC/C=C/C=C/CCCCCCCC(=O)O[C@H](CO/C=C/CCCCCCCCCCCCCCCCCC)COP(=O)(O)OCCN. The van der Waals surface area contributed by atoms with Crippen molar-refractivity contribution in [3.8, 4) is 0 Å². The number of carbonyl (C=O) groups excluding carboxylic acids is 1. The minimum atomic E-state index is -4.29. The quantitative estimate of drug-likeness (QED) is 0.0208. The number of ether oxygens (including phenoxy) is 2. The van der Waals surface area contributed by atoms with Crippen molar-refractivity contribution in [2.45, 2.75) is 206 Å². The molecule has 9 heteroatoms. The molecular weight excluding hydrogens is 673 g/mol. The lowest BCUT2D eigenvalue weighted by molar-refractivity contribution is -0.153. The van der Waals surface area contributed by atoms with Gasteiger partial charge >= 0.3 is 13.8 Å². The fourth-order valence-electron chi connectivity index (χ4n) is 5.95. The molecular formula is C43H82NO7P. The molecule has 0 radical (unpaired) electrons. The standard InChI is InChI=1S/C43H82NO7P/c1-3-5-7-9-11-13-15-17-19-20-21-23-25-27-29-31-33-35-38-48-40-42(41-50-52(46,47)49-39-37-44)51-43(45)36-34-32-30-28-26-24-22-18-16-14-12-10-8-6-4-2/h14,16,18,22,35,38,42H,3-13,15,17,19-21,23-34,36-37,39-41,44H2,1-2H3,(H,46,47)/b16-14+,22-18+,38-35+/t42-/m1/s1. The van der Waals surface area contributed by atoms with Crippen LogP contribution in [0.1, 0.15) is 200 Å². The van der Waals surface area contributed by atoms with Gasteiger partial charge in [0.2, 0.25) is 0 Å². The van der Waals surface area contributed by atoms with E-state index >= 15 is 0 Å². The molecule has 0 rings (SSSR count). The van der Waals surface area contributed by atoms with Gasteiger partial charge < -0.3 is 20.1 Å². The minimum Gasteiger partial charge on any atom is -0.498 e. The van der Waals surface area contributed by atoms with Gasteiger partial charge in [0.25, 0.3) is 0 Å². The first-order valence-electron chi connectivity index (χ1n) is 21.5. The summed E-state index contributed by atoms with van der Waals surface area (Å²) in [7, 11) is -4.29. The summed E-state index contributed by atoms with van der Waals surface area (Å²) in [6.45, 7) is 4.22. The monoisotopic (exact) mass is 756 g/mol. The smallest absolute Gasteiger partial charge is 0.472 e. The molecule has 0 spiro atoms. The Kier molecular flexibility index (Phi) is 39.6. The molecule has 0 amide bonds. The average Bonchev–Trinajstić information content (AvgIpc) is 3.13. The van der Waals surface area contributed by atoms with E-state index < -0.39 is 13.9 Å². The highest BCUT2D eigenvalue weighted by Crippen LogP contribution is 2.43. The van der Waals surface area contributed by atoms with Crippen LogP contribution in [0.25, 0.3) is 0 Å². The van der Waals surface area contributed by atoms with E-state index in [0.717, 1.165) is 57.8 Å². The van der Waals surface area contributed by atoms with E-state index in [9.17, 15) is 14.3 Å². The molecule has 0 heterocycles. The van der Waals surface area contributed by atoms with Gasteiger partial charge in [-0.05, 0) is 51.0 Å². The first kappa shape index (κ1) is 50.6. The average molecular weight is 756 g/mol. The van der Waals surface area contributed by atoms with Crippen LogP contribution >= 0.6 is 7.82 Å². The van der Waals surface area contributed by atoms with Gasteiger partial charge in [0.05, 0.1) is 19.5 Å². The van der Waals surface area contributed by atoms with Gasteiger partial charge in [-0.3, -0.25) is 13.8 Å². The molecule has 0 aromatic heterocycles. The maximum Gasteiger partial charge on any atom is 0.472 e. The Morgan fingerprint density at radius 2 is 1.02 bits per heavy atom. The van der Waals surface area contributed by atoms with Crippen molar-refractivity contribution in [1.82, 2.24) is 0 Å². The summed E-state index contributed by atoms with van der Waals surface area (Å²) in [4.78, 5) is 22.4. The van der Waals surface area contributed by atoms with Crippen molar-refractivity contribution in [1.29, 1.82) is 0 Å². The fourth-order valence-corrected chi connectivity index (χ4v) is 6.72. The van der Waals surface area contributed by atoms with E-state index in [1.54, 1.807) is 6.26 Å². The third-order valence-corrected chi connectivity index (χ3v) is 10.1. The molecule has 3 N–H and O–H groups in total. The maximum atomic E-state index is 12.5. The normalized spacial score (nSPS) is 13.8. The molecule has 0 fully saturated rings. The number of unbranched alkanes of at least 4 members (excludes halogenated alkanes) is 25. The van der Waals surface area contributed by atoms with Crippen molar-refractivity contribution < 1.29 is 32.8 Å². The topological polar surface area (TPSA) is 117 Å². The van der Waals surface area contributed by atoms with Crippen molar-refractivity contribution >= 4 is 13.8 Å². The molecule has 0 aromatic carbocycles. The van der Waals surface area contributed by atoms with Crippen LogP contribution in [0.3, 0.4) is 0 Å². The molecule has 0 aliphatic rings. The Morgan fingerprint density at radius 1 is 0.596 bits per heavy atom. The summed E-state index contributed by atoms with van der Waals surface area (Å²) in [5.41, 5.74) is 5.36. The highest BCUT2D eigenvalue weighted by molar-refractivity contribution is 7.47. The first-order valence-corrected chi connectivity index (χ1v) is 23.0. The predicted molar refractivity (Wildman–Crippen MR) is 219 cm³/mol. The van der Waals surface area contributed by atoms with E-state index in [0.29, 0.717) is 0 Å². The fraction of sp³-hybridized carbons (Fsp3) is 0.837. The zero-order chi connectivity index (χ0) is 38.1. The highest BCUT2D eigenvalue weighted by Gasteiger charge is 2.25. The van der Waals surface area contributed by atoms with Gasteiger partial charge in [-0.1, -0.05) is 173 Å². The summed E-state index contributed by atoms with van der Waals surface area (Å²) in [5.74, 6) is -0.366. The number of allylic oxidation sites excluding steroid dienone is 5. The molecule has 0 aromatic rings. The lowest BCUT2D eigenvalue weighted by atomic mass is 10.0. The Labute approximate surface area is 320 Å². The lowest BCUT2D eigenvalue weighted by Crippen LogP contribution is -2.27. The lowest BCUT2D eigenvalue weighted by Gasteiger charge is -2.19. The first-order chi connectivity index (χ1) is 25.4. The molecule has 0 bridgehead atoms. The molecule has 1 unspecified atom stereocenters. The van der Waals surface area contributed by atoms with Crippen LogP contribution in [0.2, 0.25) is 0 Å². The van der Waals surface area contributed by atoms with Gasteiger partial charge in [0.15, 0.2) is 6.10 Å². The van der Waals surface area contributed by atoms with E-state index in [-0.39, 0.29) is 38.8 Å². The summed E-state index contributed by atoms with van der Waals surface area (Å²) in [6, 6.07) is 0. The number of hydrogen-bond donors (Lipinski definition) is 2. The number of rotatable bonds is 41. The van der Waals surface area contributed by atoms with Crippen molar-refractivity contribution in [2.75, 3.05) is 26.4 Å². The molecule has 0 aliphatic carbocycles. The second-order valence-electron chi connectivity index (χ2n) is 14.3. The van der Waals surface area contributed by atoms with Gasteiger partial charge in [0, 0.05) is 13.0 Å². The van der Waals surface area contributed by atoms with Crippen molar-refractivity contribution in [2.24, 2.45) is 5.73 Å². The Bertz CT molecular complexity index is 895. The van der Waals surface area contributed by atoms with Crippen molar-refractivity contribution in [3.05, 3.63) is 36.6 Å². The number of nitrogens with two attached hydrogens (primary N) is 1. The van der Waals surface area contributed by atoms with E-state index in [1.165, 1.54) is 122 Å². The number of phosphoric acid groups is 1. The van der Waals surface area contributed by atoms with Gasteiger partial charge in [-0.2, -0.15) is 0 Å². The highest BCUT2D eigenvalue weighted by atomic mass is 31.2. The molecule has 0 saturated carbocycles. The van der Waals surface area contributed by atoms with Crippen molar-refractivity contribution in [3.63, 3.8) is 0 Å². The predicted octanol–water partition coefficient (Wildman–Crippen LogP) is 13.0. The number of hydrogen-bond acceptors (Lipinski definition) is 7. The van der Waals surface area contributed by atoms with E-state index in [1.807, 2.05) is 6.08 Å². The van der Waals surface area contributed by atoms with Crippen LogP contribution in [-0.2, 0) is 27.9 Å². The van der Waals surface area contributed by atoms with Crippen LogP contribution in [0, 0.1) is 0 Å². The number of esters is 1. The summed E-state index contributed by atoms with van der Waals surface area (Å²) >= 11 is 0. The van der Waals surface area contributed by atoms with Crippen LogP contribution < -0.4 is 5.73 Å². The zero-order valence-electron chi connectivity index (χ0n) is 33.8. The molecule has 0 saturated heterocycles. The Morgan fingerprint density at radius 3 is 1.50 bits per heavy atom. The largest absolute Gasteiger partial charge is 0.498 e. The Balaban J connectivity index is 4.09. The number of phosphoric ester groups is 1. The van der Waals surface area contributed by atoms with E-state index in [4.69, 9.17) is 24.3 Å². The van der Waals surface area contributed by atoms with Gasteiger partial charge in [-0.15, -0.1) is 0 Å². The summed E-state index contributed by atoms with van der Waals surface area (Å²) < 4.78 is 33.2. The Hall–Kier alpha value is -1.44. The van der Waals surface area contributed by atoms with E-state index in [2.05, 4.69) is 38.2 Å². The third-order valence-electron chi connectivity index (χ3n) is 9.15. The van der Waals surface area contributed by atoms with Crippen LogP contribution in [0.5, 0.6) is 0 Å². The molecule has 0 aliphatic heterocycles. The second-order valence-corrected chi connectivity index (χ2v) is 15.8. The minimum absolute atomic E-state index is 0.0274. The van der Waals surface area contributed by atoms with Crippen LogP contribution in [0.4, 0.5) is 0 Å². The zero-order valence-corrected chi connectivity index (χ0v) is 34.7. The number of carbonyl (C=O) groups is 1. The maximum absolute atomic E-state index is 12.5. The second kappa shape index (κ2) is 40.7. The molecule has 2 atom stereocenters.